The molecule has 1 saturated heterocycles. The summed E-state index contributed by atoms with van der Waals surface area (Å²) in [5, 5.41) is 0. The number of nitrogens with zero attached hydrogens (tertiary/aromatic N) is 1. The summed E-state index contributed by atoms with van der Waals surface area (Å²) >= 11 is 0. The zero-order valence-electron chi connectivity index (χ0n) is 12.8. The molecule has 1 aromatic carbocycles. The van der Waals surface area contributed by atoms with Crippen molar-refractivity contribution in [3.8, 4) is 0 Å². The van der Waals surface area contributed by atoms with Gasteiger partial charge in [-0.25, -0.2) is 0 Å². The third-order valence-corrected chi connectivity index (χ3v) is 4.51. The monoisotopic (exact) mass is 260 g/mol. The van der Waals surface area contributed by atoms with Crippen LogP contribution in [0.5, 0.6) is 0 Å². The zero-order valence-corrected chi connectivity index (χ0v) is 12.8. The standard InChI is InChI=1S/C17H28N2/c1-12-5-7-14(3)16(9-12)17(18)11-19-10-13(2)6-8-15(19)4/h5,7,9,13,15,17H,6,8,10-11,18H2,1-4H3. The summed E-state index contributed by atoms with van der Waals surface area (Å²) in [7, 11) is 0. The Hall–Kier alpha value is -0.860. The molecule has 2 heteroatoms. The van der Waals surface area contributed by atoms with Gasteiger partial charge in [-0.2, -0.15) is 0 Å². The first-order valence-electron chi connectivity index (χ1n) is 7.54. The number of rotatable bonds is 3. The van der Waals surface area contributed by atoms with E-state index in [1.807, 2.05) is 0 Å². The molecule has 19 heavy (non-hydrogen) atoms. The van der Waals surface area contributed by atoms with Gasteiger partial charge < -0.3 is 5.73 Å². The fourth-order valence-electron chi connectivity index (χ4n) is 3.14. The molecule has 2 N–H and O–H groups in total. The molecule has 1 aliphatic rings. The van der Waals surface area contributed by atoms with Gasteiger partial charge in [-0.05, 0) is 50.7 Å². The molecule has 0 amide bonds. The molecule has 3 atom stereocenters. The lowest BCUT2D eigenvalue weighted by Gasteiger charge is -2.38. The van der Waals surface area contributed by atoms with Crippen molar-refractivity contribution in [1.29, 1.82) is 0 Å². The van der Waals surface area contributed by atoms with Crippen molar-refractivity contribution >= 4 is 0 Å². The maximum Gasteiger partial charge on any atom is 0.0427 e. The molecule has 3 unspecified atom stereocenters. The maximum absolute atomic E-state index is 6.46. The van der Waals surface area contributed by atoms with Gasteiger partial charge in [-0.3, -0.25) is 4.90 Å². The highest BCUT2D eigenvalue weighted by Crippen LogP contribution is 2.25. The summed E-state index contributed by atoms with van der Waals surface area (Å²) in [5.41, 5.74) is 10.4. The topological polar surface area (TPSA) is 29.3 Å². The average molecular weight is 260 g/mol. The molecule has 0 aliphatic carbocycles. The minimum atomic E-state index is 0.132. The number of piperidine rings is 1. The van der Waals surface area contributed by atoms with Gasteiger partial charge in [-0.1, -0.05) is 30.7 Å². The van der Waals surface area contributed by atoms with Crippen molar-refractivity contribution in [2.45, 2.75) is 52.6 Å². The van der Waals surface area contributed by atoms with Gasteiger partial charge in [-0.15, -0.1) is 0 Å². The number of likely N-dealkylation sites (tertiary alicyclic amines) is 1. The molecule has 1 heterocycles. The molecule has 0 aromatic heterocycles. The normalized spacial score (nSPS) is 26.4. The van der Waals surface area contributed by atoms with Gasteiger partial charge in [0.25, 0.3) is 0 Å². The van der Waals surface area contributed by atoms with Crippen molar-refractivity contribution in [2.75, 3.05) is 13.1 Å². The van der Waals surface area contributed by atoms with E-state index in [0.29, 0.717) is 6.04 Å². The molecule has 1 fully saturated rings. The van der Waals surface area contributed by atoms with Gasteiger partial charge >= 0.3 is 0 Å². The largest absolute Gasteiger partial charge is 0.323 e. The Bertz CT molecular complexity index is 427. The average Bonchev–Trinajstić information content (AvgIpc) is 2.36. The van der Waals surface area contributed by atoms with E-state index in [4.69, 9.17) is 5.73 Å². The highest BCUT2D eigenvalue weighted by Gasteiger charge is 2.24. The fourth-order valence-corrected chi connectivity index (χ4v) is 3.14. The van der Waals surface area contributed by atoms with Crippen LogP contribution in [0, 0.1) is 19.8 Å². The molecule has 0 saturated carbocycles. The SMILES string of the molecule is Cc1ccc(C)c(C(N)CN2CC(C)CCC2C)c1. The number of hydrogen-bond acceptors (Lipinski definition) is 2. The molecular formula is C17H28N2. The van der Waals surface area contributed by atoms with Crippen molar-refractivity contribution in [3.63, 3.8) is 0 Å². The second-order valence-electron chi connectivity index (χ2n) is 6.45. The van der Waals surface area contributed by atoms with E-state index in [0.717, 1.165) is 12.5 Å². The molecule has 1 aliphatic heterocycles. The third-order valence-electron chi connectivity index (χ3n) is 4.51. The van der Waals surface area contributed by atoms with E-state index in [1.54, 1.807) is 0 Å². The van der Waals surface area contributed by atoms with E-state index < -0.39 is 0 Å². The summed E-state index contributed by atoms with van der Waals surface area (Å²) in [6, 6.07) is 7.40. The summed E-state index contributed by atoms with van der Waals surface area (Å²) in [6.07, 6.45) is 2.66. The smallest absolute Gasteiger partial charge is 0.0427 e. The molecule has 2 nitrogen and oxygen atoms in total. The first kappa shape index (κ1) is 14.5. The van der Waals surface area contributed by atoms with Crippen molar-refractivity contribution in [1.82, 2.24) is 4.90 Å². The zero-order chi connectivity index (χ0) is 14.0. The van der Waals surface area contributed by atoms with Crippen LogP contribution in [0.3, 0.4) is 0 Å². The van der Waals surface area contributed by atoms with E-state index in [9.17, 15) is 0 Å². The summed E-state index contributed by atoms with van der Waals surface area (Å²) in [4.78, 5) is 2.57. The van der Waals surface area contributed by atoms with Crippen LogP contribution in [0.2, 0.25) is 0 Å². The first-order chi connectivity index (χ1) is 8.97. The van der Waals surface area contributed by atoms with Crippen molar-refractivity contribution < 1.29 is 0 Å². The van der Waals surface area contributed by atoms with Gasteiger partial charge in [0, 0.05) is 25.2 Å². The van der Waals surface area contributed by atoms with Crippen LogP contribution in [0.4, 0.5) is 0 Å². The van der Waals surface area contributed by atoms with Gasteiger partial charge in [0.15, 0.2) is 0 Å². The van der Waals surface area contributed by atoms with Gasteiger partial charge in [0.2, 0.25) is 0 Å². The summed E-state index contributed by atoms with van der Waals surface area (Å²) in [5.74, 6) is 0.807. The van der Waals surface area contributed by atoms with E-state index in [-0.39, 0.29) is 6.04 Å². The number of hydrogen-bond donors (Lipinski definition) is 1. The number of nitrogens with two attached hydrogens (primary N) is 1. The predicted octanol–water partition coefficient (Wildman–Crippen LogP) is 3.42. The molecule has 106 valence electrons. The Morgan fingerprint density at radius 1 is 1.26 bits per heavy atom. The van der Waals surface area contributed by atoms with Crippen LogP contribution in [0.25, 0.3) is 0 Å². The predicted molar refractivity (Wildman–Crippen MR) is 82.3 cm³/mol. The lowest BCUT2D eigenvalue weighted by atomic mass is 9.93. The lowest BCUT2D eigenvalue weighted by molar-refractivity contribution is 0.117. The van der Waals surface area contributed by atoms with Crippen LogP contribution in [0.15, 0.2) is 18.2 Å². The minimum Gasteiger partial charge on any atom is -0.323 e. The lowest BCUT2D eigenvalue weighted by Crippen LogP contribution is -2.44. The highest BCUT2D eigenvalue weighted by atomic mass is 15.2. The molecule has 0 spiro atoms. The summed E-state index contributed by atoms with van der Waals surface area (Å²) in [6.45, 7) is 11.2. The quantitative estimate of drug-likeness (QED) is 0.902. The molecule has 1 aromatic rings. The van der Waals surface area contributed by atoms with E-state index in [1.165, 1.54) is 36.1 Å². The van der Waals surface area contributed by atoms with Crippen molar-refractivity contribution in [2.24, 2.45) is 11.7 Å². The Morgan fingerprint density at radius 2 is 2.00 bits per heavy atom. The highest BCUT2D eigenvalue weighted by molar-refractivity contribution is 5.33. The van der Waals surface area contributed by atoms with Crippen LogP contribution in [-0.4, -0.2) is 24.0 Å². The summed E-state index contributed by atoms with van der Waals surface area (Å²) < 4.78 is 0. The van der Waals surface area contributed by atoms with Crippen LogP contribution in [-0.2, 0) is 0 Å². The minimum absolute atomic E-state index is 0.132. The van der Waals surface area contributed by atoms with Gasteiger partial charge in [0.05, 0.1) is 0 Å². The molecule has 0 radical (unpaired) electrons. The maximum atomic E-state index is 6.46. The first-order valence-corrected chi connectivity index (χ1v) is 7.54. The second kappa shape index (κ2) is 6.06. The fraction of sp³-hybridized carbons (Fsp3) is 0.647. The Labute approximate surface area is 118 Å². The Morgan fingerprint density at radius 3 is 2.74 bits per heavy atom. The number of aryl methyl sites for hydroxylation is 2. The van der Waals surface area contributed by atoms with Crippen LogP contribution < -0.4 is 5.73 Å². The third kappa shape index (κ3) is 3.58. The van der Waals surface area contributed by atoms with Crippen LogP contribution >= 0.6 is 0 Å². The second-order valence-corrected chi connectivity index (χ2v) is 6.45. The van der Waals surface area contributed by atoms with Gasteiger partial charge in [0.1, 0.15) is 0 Å². The van der Waals surface area contributed by atoms with Crippen LogP contribution in [0.1, 0.15) is 49.4 Å². The molecular weight excluding hydrogens is 232 g/mol. The molecule has 2 rings (SSSR count). The van der Waals surface area contributed by atoms with Crippen molar-refractivity contribution in [3.05, 3.63) is 34.9 Å². The molecule has 0 bridgehead atoms. The Balaban J connectivity index is 2.07. The van der Waals surface area contributed by atoms with E-state index in [2.05, 4.69) is 50.8 Å². The number of benzene rings is 1. The Kier molecular flexibility index (Phi) is 4.64. The van der Waals surface area contributed by atoms with E-state index >= 15 is 0 Å².